The molecule has 1 N–H and O–H groups in total. The van der Waals surface area contributed by atoms with Gasteiger partial charge in [0.1, 0.15) is 5.60 Å². The molecule has 0 bridgehead atoms. The van der Waals surface area contributed by atoms with Crippen LogP contribution in [0.2, 0.25) is 0 Å². The molecule has 0 saturated heterocycles. The molecule has 2 aliphatic heterocycles. The third kappa shape index (κ3) is 1.95. The molecule has 1 aromatic carbocycles. The van der Waals surface area contributed by atoms with E-state index in [0.29, 0.717) is 5.92 Å². The van der Waals surface area contributed by atoms with Crippen LogP contribution in [0, 0.1) is 5.92 Å². The zero-order valence-electron chi connectivity index (χ0n) is 13.7. The van der Waals surface area contributed by atoms with Crippen molar-refractivity contribution in [1.29, 1.82) is 0 Å². The lowest BCUT2D eigenvalue weighted by atomic mass is 9.77. The second-order valence-corrected chi connectivity index (χ2v) is 6.89. The third-order valence-electron chi connectivity index (χ3n) is 5.60. The van der Waals surface area contributed by atoms with E-state index < -0.39 is 0 Å². The van der Waals surface area contributed by atoms with Gasteiger partial charge in [0.15, 0.2) is 0 Å². The van der Waals surface area contributed by atoms with Gasteiger partial charge in [-0.3, -0.25) is 0 Å². The predicted molar refractivity (Wildman–Crippen MR) is 90.2 cm³/mol. The normalized spacial score (nSPS) is 27.1. The highest BCUT2D eigenvalue weighted by Crippen LogP contribution is 2.47. The average Bonchev–Trinajstić information content (AvgIpc) is 2.87. The summed E-state index contributed by atoms with van der Waals surface area (Å²) in [7, 11) is 0. The molecule has 0 spiro atoms. The summed E-state index contributed by atoms with van der Waals surface area (Å²) in [4.78, 5) is 0. The van der Waals surface area contributed by atoms with Crippen LogP contribution in [0.25, 0.3) is 10.9 Å². The van der Waals surface area contributed by atoms with Crippen LogP contribution < -0.4 is 5.32 Å². The SMILES string of the molecule is CCCNCC1CCn2c3c(c4ccccc42)CCOC31C. The number of benzene rings is 1. The number of aryl methyl sites for hydroxylation is 1. The number of ether oxygens (including phenoxy) is 1. The van der Waals surface area contributed by atoms with E-state index in [2.05, 4.69) is 48.0 Å². The Bertz CT molecular complexity index is 657. The maximum atomic E-state index is 6.39. The van der Waals surface area contributed by atoms with Gasteiger partial charge in [-0.05, 0) is 44.4 Å². The van der Waals surface area contributed by atoms with Crippen LogP contribution in [-0.4, -0.2) is 24.3 Å². The number of aromatic nitrogens is 1. The highest BCUT2D eigenvalue weighted by atomic mass is 16.5. The molecule has 0 fully saturated rings. The molecule has 0 radical (unpaired) electrons. The van der Waals surface area contributed by atoms with Crippen molar-refractivity contribution in [2.45, 2.75) is 45.3 Å². The van der Waals surface area contributed by atoms with Gasteiger partial charge in [-0.25, -0.2) is 0 Å². The van der Waals surface area contributed by atoms with Gasteiger partial charge in [-0.1, -0.05) is 25.1 Å². The summed E-state index contributed by atoms with van der Waals surface area (Å²) in [5.41, 5.74) is 4.24. The second kappa shape index (κ2) is 5.39. The lowest BCUT2D eigenvalue weighted by molar-refractivity contribution is -0.105. The van der Waals surface area contributed by atoms with Crippen molar-refractivity contribution in [2.75, 3.05) is 19.7 Å². The first-order valence-corrected chi connectivity index (χ1v) is 8.71. The molecular weight excluding hydrogens is 272 g/mol. The molecule has 3 heteroatoms. The largest absolute Gasteiger partial charge is 0.368 e. The van der Waals surface area contributed by atoms with Crippen molar-refractivity contribution in [3.05, 3.63) is 35.5 Å². The molecule has 3 heterocycles. The summed E-state index contributed by atoms with van der Waals surface area (Å²) < 4.78 is 8.91. The third-order valence-corrected chi connectivity index (χ3v) is 5.60. The molecule has 1 aromatic heterocycles. The molecule has 2 atom stereocenters. The quantitative estimate of drug-likeness (QED) is 0.875. The topological polar surface area (TPSA) is 26.2 Å². The van der Waals surface area contributed by atoms with Gasteiger partial charge in [0.25, 0.3) is 0 Å². The van der Waals surface area contributed by atoms with Gasteiger partial charge >= 0.3 is 0 Å². The monoisotopic (exact) mass is 298 g/mol. The van der Waals surface area contributed by atoms with Crippen molar-refractivity contribution in [2.24, 2.45) is 5.92 Å². The maximum absolute atomic E-state index is 6.39. The molecular formula is C19H26N2O. The van der Waals surface area contributed by atoms with E-state index in [4.69, 9.17) is 4.74 Å². The zero-order valence-corrected chi connectivity index (χ0v) is 13.7. The summed E-state index contributed by atoms with van der Waals surface area (Å²) in [6.45, 7) is 8.67. The van der Waals surface area contributed by atoms with Crippen LogP contribution in [0.15, 0.2) is 24.3 Å². The van der Waals surface area contributed by atoms with Crippen LogP contribution in [0.1, 0.15) is 37.9 Å². The van der Waals surface area contributed by atoms with Crippen LogP contribution in [0.3, 0.4) is 0 Å². The van der Waals surface area contributed by atoms with E-state index in [1.54, 1.807) is 0 Å². The fraction of sp³-hybridized carbons (Fsp3) is 0.579. The Morgan fingerprint density at radius 1 is 1.36 bits per heavy atom. The summed E-state index contributed by atoms with van der Waals surface area (Å²) in [6.07, 6.45) is 3.43. The molecule has 118 valence electrons. The zero-order chi connectivity index (χ0) is 15.2. The standard InChI is InChI=1S/C19H26N2O/c1-3-10-20-13-14-8-11-21-17-7-5-4-6-15(17)16-9-12-22-19(14,2)18(16)21/h4-7,14,20H,3,8-13H2,1-2H3. The molecule has 0 saturated carbocycles. The minimum Gasteiger partial charge on any atom is -0.368 e. The molecule has 2 aliphatic rings. The first-order valence-electron chi connectivity index (χ1n) is 8.71. The number of rotatable bonds is 4. The van der Waals surface area contributed by atoms with Gasteiger partial charge in [0, 0.05) is 29.9 Å². The number of para-hydroxylation sites is 1. The summed E-state index contributed by atoms with van der Waals surface area (Å²) >= 11 is 0. The van der Waals surface area contributed by atoms with E-state index in [1.807, 2.05) is 0 Å². The van der Waals surface area contributed by atoms with Gasteiger partial charge in [-0.2, -0.15) is 0 Å². The second-order valence-electron chi connectivity index (χ2n) is 6.89. The summed E-state index contributed by atoms with van der Waals surface area (Å²) in [5.74, 6) is 0.565. The molecule has 0 aliphatic carbocycles. The van der Waals surface area contributed by atoms with Crippen molar-refractivity contribution >= 4 is 10.9 Å². The van der Waals surface area contributed by atoms with Crippen LogP contribution >= 0.6 is 0 Å². The van der Waals surface area contributed by atoms with Crippen LogP contribution in [0.4, 0.5) is 0 Å². The molecule has 2 unspecified atom stereocenters. The summed E-state index contributed by atoms with van der Waals surface area (Å²) in [6, 6.07) is 8.87. The number of fused-ring (bicyclic) bond motifs is 3. The first-order chi connectivity index (χ1) is 10.8. The number of nitrogens with one attached hydrogen (secondary N) is 1. The maximum Gasteiger partial charge on any atom is 0.110 e. The van der Waals surface area contributed by atoms with Gasteiger partial charge in [0.05, 0.1) is 12.3 Å². The van der Waals surface area contributed by atoms with Crippen molar-refractivity contribution in [1.82, 2.24) is 9.88 Å². The molecule has 3 nitrogen and oxygen atoms in total. The lowest BCUT2D eigenvalue weighted by Crippen LogP contribution is -2.48. The van der Waals surface area contributed by atoms with Crippen molar-refractivity contribution in [3.63, 3.8) is 0 Å². The fourth-order valence-electron chi connectivity index (χ4n) is 4.48. The first kappa shape index (κ1) is 14.3. The Labute approximate surface area is 132 Å². The Balaban J connectivity index is 1.80. The van der Waals surface area contributed by atoms with E-state index in [9.17, 15) is 0 Å². The Morgan fingerprint density at radius 2 is 2.23 bits per heavy atom. The Hall–Kier alpha value is -1.32. The van der Waals surface area contributed by atoms with Crippen molar-refractivity contribution < 1.29 is 4.74 Å². The van der Waals surface area contributed by atoms with Gasteiger partial charge in [0.2, 0.25) is 0 Å². The highest BCUT2D eigenvalue weighted by Gasteiger charge is 2.46. The summed E-state index contributed by atoms with van der Waals surface area (Å²) in [5, 5.41) is 5.05. The van der Waals surface area contributed by atoms with E-state index in [-0.39, 0.29) is 5.60 Å². The Morgan fingerprint density at radius 3 is 3.09 bits per heavy atom. The van der Waals surface area contributed by atoms with E-state index in [0.717, 1.165) is 32.7 Å². The van der Waals surface area contributed by atoms with E-state index >= 15 is 0 Å². The molecule has 22 heavy (non-hydrogen) atoms. The molecule has 0 amide bonds. The van der Waals surface area contributed by atoms with Crippen LogP contribution in [-0.2, 0) is 23.3 Å². The van der Waals surface area contributed by atoms with Gasteiger partial charge in [-0.15, -0.1) is 0 Å². The van der Waals surface area contributed by atoms with Gasteiger partial charge < -0.3 is 14.6 Å². The minimum atomic E-state index is -0.133. The molecule has 2 aromatic rings. The minimum absolute atomic E-state index is 0.133. The predicted octanol–water partition coefficient (Wildman–Crippen LogP) is 3.45. The van der Waals surface area contributed by atoms with E-state index in [1.165, 1.54) is 35.0 Å². The average molecular weight is 298 g/mol. The lowest BCUT2D eigenvalue weighted by Gasteiger charge is -2.45. The highest BCUT2D eigenvalue weighted by molar-refractivity contribution is 5.86. The number of nitrogens with zero attached hydrogens (tertiary/aromatic N) is 1. The van der Waals surface area contributed by atoms with Crippen LogP contribution in [0.5, 0.6) is 0 Å². The number of hydrogen-bond donors (Lipinski definition) is 1. The fourth-order valence-corrected chi connectivity index (χ4v) is 4.48. The molecule has 4 rings (SSSR count). The Kier molecular flexibility index (Phi) is 3.50. The smallest absolute Gasteiger partial charge is 0.110 e. The number of hydrogen-bond acceptors (Lipinski definition) is 2. The van der Waals surface area contributed by atoms with Crippen molar-refractivity contribution in [3.8, 4) is 0 Å².